The number of ether oxygens (including phenoxy) is 1. The van der Waals surface area contributed by atoms with Gasteiger partial charge in [-0.1, -0.05) is 38.5 Å². The number of benzene rings is 1. The molecule has 0 aliphatic carbocycles. The van der Waals surface area contributed by atoms with Crippen LogP contribution >= 0.6 is 0 Å². The zero-order valence-corrected chi connectivity index (χ0v) is 12.5. The molecule has 0 aliphatic heterocycles. The minimum Gasteiger partial charge on any atom is -0.493 e. The monoisotopic (exact) mass is 268 g/mol. The molecule has 0 fully saturated rings. The van der Waals surface area contributed by atoms with Crippen LogP contribution in [0.3, 0.4) is 0 Å². The first-order valence-corrected chi connectivity index (χ1v) is 8.37. The van der Waals surface area contributed by atoms with Crippen LogP contribution in [0.25, 0.3) is 0 Å². The van der Waals surface area contributed by atoms with Crippen molar-refractivity contribution in [3.05, 3.63) is 29.8 Å². The van der Waals surface area contributed by atoms with Gasteiger partial charge < -0.3 is 4.74 Å². The Kier molecular flexibility index (Phi) is 7.02. The van der Waals surface area contributed by atoms with Gasteiger partial charge in [-0.2, -0.15) is 0 Å². The van der Waals surface area contributed by atoms with Crippen molar-refractivity contribution in [2.45, 2.75) is 33.1 Å². The van der Waals surface area contributed by atoms with Crippen LogP contribution in [0.5, 0.6) is 5.75 Å². The predicted molar refractivity (Wildman–Crippen MR) is 78.6 cm³/mol. The summed E-state index contributed by atoms with van der Waals surface area (Å²) in [5.41, 5.74) is 1.23. The topological polar surface area (TPSA) is 26.3 Å². The van der Waals surface area contributed by atoms with Crippen molar-refractivity contribution >= 4 is 10.8 Å². The van der Waals surface area contributed by atoms with Crippen molar-refractivity contribution in [2.24, 2.45) is 5.92 Å². The van der Waals surface area contributed by atoms with Gasteiger partial charge in [-0.25, -0.2) is 0 Å². The minimum absolute atomic E-state index is 0.584. The third-order valence-electron chi connectivity index (χ3n) is 3.07. The smallest absolute Gasteiger partial charge is 0.122 e. The van der Waals surface area contributed by atoms with Crippen molar-refractivity contribution in [3.63, 3.8) is 0 Å². The van der Waals surface area contributed by atoms with Gasteiger partial charge in [-0.05, 0) is 30.4 Å². The first-order chi connectivity index (χ1) is 8.63. The normalized spacial score (nSPS) is 14.2. The molecule has 0 amide bonds. The molecule has 1 aromatic carbocycles. The zero-order valence-electron chi connectivity index (χ0n) is 11.6. The van der Waals surface area contributed by atoms with Crippen LogP contribution in [0.2, 0.25) is 0 Å². The quantitative estimate of drug-likeness (QED) is 0.722. The number of hydrogen-bond donors (Lipinski definition) is 0. The molecule has 3 heteroatoms. The molecule has 1 aromatic rings. The molecule has 1 rings (SSSR count). The van der Waals surface area contributed by atoms with E-state index >= 15 is 0 Å². The van der Waals surface area contributed by atoms with Gasteiger partial charge in [0, 0.05) is 22.8 Å². The third-order valence-corrected chi connectivity index (χ3v) is 3.93. The second-order valence-corrected chi connectivity index (χ2v) is 6.37. The molecule has 2 atom stereocenters. The molecule has 0 radical (unpaired) electrons. The van der Waals surface area contributed by atoms with Crippen LogP contribution in [0.4, 0.5) is 0 Å². The Hall–Kier alpha value is -0.830. The van der Waals surface area contributed by atoms with Crippen LogP contribution in [0, 0.1) is 5.92 Å². The lowest BCUT2D eigenvalue weighted by molar-refractivity contribution is 0.254. The van der Waals surface area contributed by atoms with E-state index in [1.54, 1.807) is 6.26 Å². The number of aryl methyl sites for hydroxylation is 1. The van der Waals surface area contributed by atoms with E-state index in [-0.39, 0.29) is 0 Å². The Balaban J connectivity index is 2.53. The highest BCUT2D eigenvalue weighted by molar-refractivity contribution is 7.84. The van der Waals surface area contributed by atoms with E-state index in [2.05, 4.69) is 19.9 Å². The highest BCUT2D eigenvalue weighted by atomic mass is 32.2. The zero-order chi connectivity index (χ0) is 13.4. The molecule has 0 aliphatic rings. The predicted octanol–water partition coefficient (Wildman–Crippen LogP) is 3.42. The maximum atomic E-state index is 11.1. The molecular formula is C15H24O2S. The maximum Gasteiger partial charge on any atom is 0.122 e. The van der Waals surface area contributed by atoms with Gasteiger partial charge in [0.05, 0.1) is 6.61 Å². The van der Waals surface area contributed by atoms with Crippen molar-refractivity contribution in [3.8, 4) is 5.75 Å². The Morgan fingerprint density at radius 1 is 1.33 bits per heavy atom. The van der Waals surface area contributed by atoms with Crippen LogP contribution in [0.1, 0.15) is 32.3 Å². The summed E-state index contributed by atoms with van der Waals surface area (Å²) in [4.78, 5) is 0. The second kappa shape index (κ2) is 8.30. The molecule has 0 heterocycles. The summed E-state index contributed by atoms with van der Waals surface area (Å²) in [6, 6.07) is 8.17. The van der Waals surface area contributed by atoms with Crippen LogP contribution in [-0.2, 0) is 17.2 Å². The van der Waals surface area contributed by atoms with Gasteiger partial charge in [0.1, 0.15) is 5.75 Å². The summed E-state index contributed by atoms with van der Waals surface area (Å²) >= 11 is 0. The molecule has 18 heavy (non-hydrogen) atoms. The fraction of sp³-hybridized carbons (Fsp3) is 0.600. The molecule has 0 N–H and O–H groups in total. The maximum absolute atomic E-state index is 11.1. The molecule has 0 spiro atoms. The highest BCUT2D eigenvalue weighted by Gasteiger charge is 2.05. The van der Waals surface area contributed by atoms with E-state index in [4.69, 9.17) is 4.74 Å². The summed E-state index contributed by atoms with van der Waals surface area (Å²) in [7, 11) is -0.699. The minimum atomic E-state index is -0.699. The van der Waals surface area contributed by atoms with Gasteiger partial charge in [0.25, 0.3) is 0 Å². The van der Waals surface area contributed by atoms with Gasteiger partial charge in [-0.15, -0.1) is 0 Å². The Morgan fingerprint density at radius 2 is 2.06 bits per heavy atom. The first kappa shape index (κ1) is 15.2. The summed E-state index contributed by atoms with van der Waals surface area (Å²) < 4.78 is 16.9. The largest absolute Gasteiger partial charge is 0.493 e. The fourth-order valence-corrected chi connectivity index (χ4v) is 2.22. The van der Waals surface area contributed by atoms with E-state index < -0.39 is 10.8 Å². The summed E-state index contributed by atoms with van der Waals surface area (Å²) in [6.45, 7) is 5.15. The van der Waals surface area contributed by atoms with Gasteiger partial charge in [0.2, 0.25) is 0 Å². The molecule has 0 saturated carbocycles. The molecule has 2 nitrogen and oxygen atoms in total. The lowest BCUT2D eigenvalue weighted by Gasteiger charge is -2.14. The lowest BCUT2D eigenvalue weighted by Crippen LogP contribution is -2.08. The van der Waals surface area contributed by atoms with E-state index in [0.29, 0.717) is 5.92 Å². The van der Waals surface area contributed by atoms with Crippen molar-refractivity contribution in [2.75, 3.05) is 18.6 Å². The van der Waals surface area contributed by atoms with E-state index in [1.165, 1.54) is 5.56 Å². The molecule has 2 unspecified atom stereocenters. The van der Waals surface area contributed by atoms with E-state index in [0.717, 1.165) is 37.4 Å². The van der Waals surface area contributed by atoms with Gasteiger partial charge in [-0.3, -0.25) is 4.21 Å². The van der Waals surface area contributed by atoms with E-state index in [1.807, 2.05) is 18.2 Å². The third kappa shape index (κ3) is 5.67. The van der Waals surface area contributed by atoms with Crippen LogP contribution < -0.4 is 4.74 Å². The summed E-state index contributed by atoms with van der Waals surface area (Å²) in [5, 5.41) is 0. The van der Waals surface area contributed by atoms with Crippen LogP contribution in [-0.4, -0.2) is 22.8 Å². The summed E-state index contributed by atoms with van der Waals surface area (Å²) in [6.07, 6.45) is 4.78. The van der Waals surface area contributed by atoms with Crippen molar-refractivity contribution < 1.29 is 8.95 Å². The molecule has 102 valence electrons. The Morgan fingerprint density at radius 3 is 2.72 bits per heavy atom. The molecular weight excluding hydrogens is 244 g/mol. The molecule has 0 saturated heterocycles. The first-order valence-electron chi connectivity index (χ1n) is 6.64. The van der Waals surface area contributed by atoms with Crippen LogP contribution in [0.15, 0.2) is 24.3 Å². The number of rotatable bonds is 8. The van der Waals surface area contributed by atoms with Crippen molar-refractivity contribution in [1.29, 1.82) is 0 Å². The fourth-order valence-electron chi connectivity index (χ4n) is 1.67. The van der Waals surface area contributed by atoms with Gasteiger partial charge in [0.15, 0.2) is 0 Å². The molecule has 0 aromatic heterocycles. The Bertz CT molecular complexity index is 377. The number of hydrogen-bond acceptors (Lipinski definition) is 2. The molecule has 0 bridgehead atoms. The standard InChI is InChI=1S/C15H24O2S/c1-4-13(2)12-17-15-10-6-5-8-14(15)9-7-11-18(3)16/h5-6,8,10,13H,4,7,9,11-12H2,1-3H3. The highest BCUT2D eigenvalue weighted by Crippen LogP contribution is 2.20. The SMILES string of the molecule is CCC(C)COc1ccccc1CCCS(C)=O. The second-order valence-electron chi connectivity index (χ2n) is 4.81. The average molecular weight is 268 g/mol. The lowest BCUT2D eigenvalue weighted by atomic mass is 10.1. The van der Waals surface area contributed by atoms with E-state index in [9.17, 15) is 4.21 Å². The Labute approximate surface area is 113 Å². The van der Waals surface area contributed by atoms with Crippen molar-refractivity contribution in [1.82, 2.24) is 0 Å². The average Bonchev–Trinajstić information content (AvgIpc) is 2.36. The number of para-hydroxylation sites is 1. The summed E-state index contributed by atoms with van der Waals surface area (Å²) in [5.74, 6) is 2.33. The van der Waals surface area contributed by atoms with Gasteiger partial charge >= 0.3 is 0 Å².